The van der Waals surface area contributed by atoms with Gasteiger partial charge in [-0.25, -0.2) is 14.4 Å². The molecule has 4 aromatic rings. The maximum Gasteiger partial charge on any atom is 0.349 e. The molecule has 0 bridgehead atoms. The molecule has 3 aromatic carbocycles. The fraction of sp³-hybridized carbons (Fsp3) is 0.258. The Morgan fingerprint density at radius 3 is 2.11 bits per heavy atom. The molecule has 1 aliphatic heterocycles. The first kappa shape index (κ1) is 32.0. The van der Waals surface area contributed by atoms with E-state index in [9.17, 15) is 29.4 Å². The van der Waals surface area contributed by atoms with Crippen molar-refractivity contribution in [2.75, 3.05) is 24.5 Å². The highest BCUT2D eigenvalue weighted by Gasteiger charge is 2.36. The lowest BCUT2D eigenvalue weighted by Crippen LogP contribution is -2.89. The van der Waals surface area contributed by atoms with Gasteiger partial charge in [-0.15, -0.1) is 0 Å². The Bertz CT molecular complexity index is 1530. The van der Waals surface area contributed by atoms with Crippen molar-refractivity contribution in [1.29, 1.82) is 0 Å². The van der Waals surface area contributed by atoms with Crippen molar-refractivity contribution >= 4 is 52.6 Å². The standard InChI is InChI=1S/C18H14O8.C13H16ClN3O/c19-15(20)13(25-17(23)11-7-3-1-4-8-11)14(16(21)22)26-18(24)12-9-5-2-6-10-12;1-9-4-6-17(7-5-15-9)13-16-11-8-10(14)2-3-12(11)18-13/h1-10,13-14H,(H,19,20)(H,21,22);2-3,8-9,15H,4-7H2,1H3/t13-,14-;/m0./s1. The van der Waals surface area contributed by atoms with Crippen LogP contribution in [-0.4, -0.2) is 71.9 Å². The van der Waals surface area contributed by atoms with E-state index in [2.05, 4.69) is 22.1 Å². The van der Waals surface area contributed by atoms with Gasteiger partial charge in [0.2, 0.25) is 6.10 Å². The largest absolute Gasteiger partial charge is 0.546 e. The molecule has 0 saturated carbocycles. The minimum Gasteiger partial charge on any atom is -0.546 e. The number of oxazole rings is 1. The maximum atomic E-state index is 12.0. The van der Waals surface area contributed by atoms with Crippen LogP contribution in [0.2, 0.25) is 5.02 Å². The molecule has 44 heavy (non-hydrogen) atoms. The van der Waals surface area contributed by atoms with E-state index in [1.807, 2.05) is 18.2 Å². The van der Waals surface area contributed by atoms with Gasteiger partial charge in [-0.2, -0.15) is 4.98 Å². The zero-order valence-corrected chi connectivity index (χ0v) is 24.4. The molecule has 0 aliphatic carbocycles. The first-order valence-electron chi connectivity index (χ1n) is 13.7. The molecule has 1 aliphatic rings. The van der Waals surface area contributed by atoms with Crippen LogP contribution < -0.4 is 15.3 Å². The minimum atomic E-state index is -2.33. The zero-order valence-electron chi connectivity index (χ0n) is 23.6. The Labute approximate surface area is 257 Å². The van der Waals surface area contributed by atoms with Gasteiger partial charge in [-0.3, -0.25) is 0 Å². The molecule has 1 aromatic heterocycles. The van der Waals surface area contributed by atoms with Crippen LogP contribution >= 0.6 is 11.6 Å². The number of anilines is 1. The second-order valence-corrected chi connectivity index (χ2v) is 10.4. The lowest BCUT2D eigenvalue weighted by molar-refractivity contribution is -0.682. The van der Waals surface area contributed by atoms with E-state index >= 15 is 0 Å². The first-order valence-corrected chi connectivity index (χ1v) is 14.1. The van der Waals surface area contributed by atoms with Gasteiger partial charge in [-0.1, -0.05) is 48.0 Å². The summed E-state index contributed by atoms with van der Waals surface area (Å²) in [5.41, 5.74) is 1.64. The summed E-state index contributed by atoms with van der Waals surface area (Å²) in [5.74, 6) is -5.99. The summed E-state index contributed by atoms with van der Waals surface area (Å²) in [6, 6.07) is 21.6. The molecule has 1 saturated heterocycles. The number of hydrogen-bond donors (Lipinski definition) is 2. The summed E-state index contributed by atoms with van der Waals surface area (Å²) in [5, 5.41) is 23.6. The Balaban J connectivity index is 0.000000213. The number of carbonyl (C=O) groups is 4. The Hall–Kier alpha value is -4.94. The molecule has 0 amide bonds. The van der Waals surface area contributed by atoms with E-state index in [-0.39, 0.29) is 11.1 Å². The number of aliphatic carboxylic acids is 2. The number of aromatic nitrogens is 1. The Kier molecular flexibility index (Phi) is 10.9. The van der Waals surface area contributed by atoms with Gasteiger partial charge in [0.25, 0.3) is 6.01 Å². The normalized spacial score (nSPS) is 16.0. The number of halogens is 1. The third kappa shape index (κ3) is 8.55. The van der Waals surface area contributed by atoms with Gasteiger partial charge in [0.1, 0.15) is 5.52 Å². The molecule has 3 atom stereocenters. The molecule has 13 heteroatoms. The number of carbonyl (C=O) groups excluding carboxylic acids is 3. The number of benzene rings is 3. The fourth-order valence-electron chi connectivity index (χ4n) is 4.31. The quantitative estimate of drug-likeness (QED) is 0.274. The monoisotopic (exact) mass is 623 g/mol. The van der Waals surface area contributed by atoms with Crippen molar-refractivity contribution in [2.24, 2.45) is 0 Å². The van der Waals surface area contributed by atoms with Gasteiger partial charge < -0.3 is 39.1 Å². The summed E-state index contributed by atoms with van der Waals surface area (Å²) in [4.78, 5) is 53.4. The summed E-state index contributed by atoms with van der Waals surface area (Å²) in [7, 11) is 0. The summed E-state index contributed by atoms with van der Waals surface area (Å²) >= 11 is 5.96. The van der Waals surface area contributed by atoms with Gasteiger partial charge in [-0.05, 0) is 49.4 Å². The summed E-state index contributed by atoms with van der Waals surface area (Å²) in [6.07, 6.45) is -3.45. The highest BCUT2D eigenvalue weighted by atomic mass is 35.5. The molecular weight excluding hydrogens is 594 g/mol. The van der Waals surface area contributed by atoms with E-state index < -0.39 is 36.1 Å². The first-order chi connectivity index (χ1) is 21.1. The SMILES string of the molecule is CC1CCN(c2nc3cc(Cl)ccc3o2)CC[NH2+]1.O=C(O[C@H](C(=O)[O-])[C@H](OC(=O)c1ccccc1)C(=O)O)c1ccccc1. The number of carboxylic acid groups (broad SMARTS) is 2. The lowest BCUT2D eigenvalue weighted by atomic mass is 10.1. The third-order valence-corrected chi connectivity index (χ3v) is 6.90. The number of esters is 2. The van der Waals surface area contributed by atoms with Crippen LogP contribution in [0.15, 0.2) is 83.3 Å². The molecular formula is C31H30ClN3O9. The molecule has 3 N–H and O–H groups in total. The molecule has 5 rings (SSSR count). The highest BCUT2D eigenvalue weighted by Crippen LogP contribution is 2.25. The van der Waals surface area contributed by atoms with E-state index in [0.717, 1.165) is 43.2 Å². The van der Waals surface area contributed by atoms with E-state index in [4.69, 9.17) is 25.5 Å². The van der Waals surface area contributed by atoms with Crippen molar-refractivity contribution in [3.8, 4) is 0 Å². The van der Waals surface area contributed by atoms with Gasteiger partial charge in [0, 0.05) is 18.0 Å². The van der Waals surface area contributed by atoms with Crippen molar-refractivity contribution in [3.63, 3.8) is 0 Å². The second-order valence-electron chi connectivity index (χ2n) is 9.93. The Morgan fingerprint density at radius 2 is 1.55 bits per heavy atom. The predicted octanol–water partition coefficient (Wildman–Crippen LogP) is 1.92. The highest BCUT2D eigenvalue weighted by molar-refractivity contribution is 6.31. The van der Waals surface area contributed by atoms with Crippen LogP contribution in [-0.2, 0) is 19.1 Å². The number of carboxylic acids is 2. The summed E-state index contributed by atoms with van der Waals surface area (Å²) < 4.78 is 15.2. The van der Waals surface area contributed by atoms with Crippen LogP contribution in [0, 0.1) is 0 Å². The van der Waals surface area contributed by atoms with Gasteiger partial charge >= 0.3 is 17.9 Å². The number of nitrogens with two attached hydrogens (primary N) is 1. The average Bonchev–Trinajstić information content (AvgIpc) is 3.31. The van der Waals surface area contributed by atoms with Crippen LogP contribution in [0.3, 0.4) is 0 Å². The average molecular weight is 624 g/mol. The fourth-order valence-corrected chi connectivity index (χ4v) is 4.48. The number of ether oxygens (including phenoxy) is 2. The minimum absolute atomic E-state index is 0.00252. The van der Waals surface area contributed by atoms with Crippen LogP contribution in [0.5, 0.6) is 0 Å². The van der Waals surface area contributed by atoms with Gasteiger partial charge in [0.15, 0.2) is 11.7 Å². The number of hydrogen-bond acceptors (Lipinski definition) is 10. The molecule has 1 fully saturated rings. The summed E-state index contributed by atoms with van der Waals surface area (Å²) in [6.45, 7) is 5.32. The number of fused-ring (bicyclic) bond motifs is 1. The number of rotatable bonds is 8. The number of quaternary nitrogens is 1. The lowest BCUT2D eigenvalue weighted by Gasteiger charge is -2.24. The molecule has 230 valence electrons. The maximum absolute atomic E-state index is 12.0. The van der Waals surface area contributed by atoms with Crippen LogP contribution in [0.4, 0.5) is 6.01 Å². The van der Waals surface area contributed by atoms with Crippen LogP contribution in [0.1, 0.15) is 34.1 Å². The Morgan fingerprint density at radius 1 is 0.955 bits per heavy atom. The molecule has 12 nitrogen and oxygen atoms in total. The molecule has 0 spiro atoms. The topological polar surface area (TPSA) is 176 Å². The molecule has 1 unspecified atom stereocenters. The van der Waals surface area contributed by atoms with E-state index in [1.165, 1.54) is 48.5 Å². The van der Waals surface area contributed by atoms with Crippen molar-refractivity contribution < 1.29 is 48.6 Å². The van der Waals surface area contributed by atoms with Crippen molar-refractivity contribution in [3.05, 3.63) is 95.0 Å². The van der Waals surface area contributed by atoms with E-state index in [1.54, 1.807) is 12.1 Å². The van der Waals surface area contributed by atoms with Crippen molar-refractivity contribution in [1.82, 2.24) is 4.98 Å². The molecule has 0 radical (unpaired) electrons. The zero-order chi connectivity index (χ0) is 31.6. The molecule has 2 heterocycles. The van der Waals surface area contributed by atoms with Crippen molar-refractivity contribution in [2.45, 2.75) is 31.6 Å². The van der Waals surface area contributed by atoms with Crippen LogP contribution in [0.25, 0.3) is 11.1 Å². The number of nitrogens with zero attached hydrogens (tertiary/aromatic N) is 2. The third-order valence-electron chi connectivity index (χ3n) is 6.67. The van der Waals surface area contributed by atoms with E-state index in [0.29, 0.717) is 11.1 Å². The second kappa shape index (κ2) is 15.0. The smallest absolute Gasteiger partial charge is 0.349 e. The van der Waals surface area contributed by atoms with Gasteiger partial charge in [0.05, 0.1) is 36.2 Å². The predicted molar refractivity (Wildman–Crippen MR) is 156 cm³/mol.